The summed E-state index contributed by atoms with van der Waals surface area (Å²) in [7, 11) is 0. The second kappa shape index (κ2) is 15.5. The van der Waals surface area contributed by atoms with Crippen LogP contribution in [-0.4, -0.2) is 15.0 Å². The van der Waals surface area contributed by atoms with E-state index in [1.165, 1.54) is 22.3 Å². The van der Waals surface area contributed by atoms with Gasteiger partial charge >= 0.3 is 0 Å². The summed E-state index contributed by atoms with van der Waals surface area (Å²) in [5, 5.41) is 1.99. The normalized spacial score (nSPS) is 11.3. The van der Waals surface area contributed by atoms with E-state index in [-0.39, 0.29) is 0 Å². The lowest BCUT2D eigenvalue weighted by molar-refractivity contribution is 0.669. The van der Waals surface area contributed by atoms with Crippen molar-refractivity contribution >= 4 is 21.9 Å². The Morgan fingerprint density at radius 2 is 0.672 bits per heavy atom. The molecule has 4 nitrogen and oxygen atoms in total. The molecule has 0 amide bonds. The van der Waals surface area contributed by atoms with Gasteiger partial charge in [0.15, 0.2) is 17.5 Å². The van der Waals surface area contributed by atoms with Crippen molar-refractivity contribution < 1.29 is 4.42 Å². The molecule has 4 heteroatoms. The highest BCUT2D eigenvalue weighted by atomic mass is 16.3. The van der Waals surface area contributed by atoms with Gasteiger partial charge in [-0.2, -0.15) is 0 Å². The summed E-state index contributed by atoms with van der Waals surface area (Å²) in [4.78, 5) is 15.7. The molecule has 286 valence electrons. The highest BCUT2D eigenvalue weighted by molar-refractivity contribution is 6.12. The van der Waals surface area contributed by atoms with Gasteiger partial charge in [0, 0.05) is 27.5 Å². The van der Waals surface area contributed by atoms with Crippen LogP contribution in [0.1, 0.15) is 0 Å². The smallest absolute Gasteiger partial charge is 0.164 e. The average molecular weight is 780 g/mol. The number of fused-ring (bicyclic) bond motifs is 3. The number of hydrogen-bond acceptors (Lipinski definition) is 4. The second-order valence-electron chi connectivity index (χ2n) is 15.2. The highest BCUT2D eigenvalue weighted by Crippen LogP contribution is 2.40. The molecule has 0 radical (unpaired) electrons. The Bertz CT molecular complexity index is 3280. The van der Waals surface area contributed by atoms with Crippen LogP contribution in [0.15, 0.2) is 229 Å². The number of rotatable bonds is 8. The zero-order valence-corrected chi connectivity index (χ0v) is 33.1. The lowest BCUT2D eigenvalue weighted by Crippen LogP contribution is -2.01. The first-order chi connectivity index (χ1) is 30.2. The van der Waals surface area contributed by atoms with Crippen molar-refractivity contribution in [2.45, 2.75) is 0 Å². The van der Waals surface area contributed by atoms with Crippen molar-refractivity contribution in [1.29, 1.82) is 0 Å². The minimum absolute atomic E-state index is 0.581. The SMILES string of the molecule is c1ccc(-c2cc(-c3ccccc3)cc(-c3cccc(-c4ccccc4-c4nc(-c5ccccc5)nc(-c5cccc6oc7ccc(-c8ccccc8)cc7c56)n4)c3)c2)cc1. The number of benzene rings is 9. The summed E-state index contributed by atoms with van der Waals surface area (Å²) in [6.07, 6.45) is 0. The average Bonchev–Trinajstić information content (AvgIpc) is 3.73. The third kappa shape index (κ3) is 6.96. The van der Waals surface area contributed by atoms with E-state index in [0.29, 0.717) is 17.5 Å². The zero-order valence-electron chi connectivity index (χ0n) is 33.1. The topological polar surface area (TPSA) is 51.8 Å². The van der Waals surface area contributed by atoms with Gasteiger partial charge in [0.25, 0.3) is 0 Å². The Morgan fingerprint density at radius 3 is 1.31 bits per heavy atom. The van der Waals surface area contributed by atoms with Crippen LogP contribution >= 0.6 is 0 Å². The molecule has 0 N–H and O–H groups in total. The van der Waals surface area contributed by atoms with Gasteiger partial charge in [0.2, 0.25) is 0 Å². The maximum Gasteiger partial charge on any atom is 0.164 e. The van der Waals surface area contributed by atoms with Gasteiger partial charge < -0.3 is 4.42 Å². The molecule has 0 aliphatic carbocycles. The second-order valence-corrected chi connectivity index (χ2v) is 15.2. The maximum atomic E-state index is 6.45. The molecule has 0 saturated carbocycles. The Balaban J connectivity index is 1.07. The van der Waals surface area contributed by atoms with Gasteiger partial charge in [-0.15, -0.1) is 0 Å². The molecule has 2 heterocycles. The summed E-state index contributed by atoms with van der Waals surface area (Å²) >= 11 is 0. The molecule has 61 heavy (non-hydrogen) atoms. The molecule has 9 aromatic carbocycles. The summed E-state index contributed by atoms with van der Waals surface area (Å²) in [6, 6.07) is 78.3. The molecule has 0 atom stereocenters. The van der Waals surface area contributed by atoms with Crippen LogP contribution in [0.25, 0.3) is 112 Å². The zero-order chi connectivity index (χ0) is 40.5. The van der Waals surface area contributed by atoms with E-state index in [1.54, 1.807) is 0 Å². The van der Waals surface area contributed by atoms with Crippen LogP contribution in [0.3, 0.4) is 0 Å². The molecular weight excluding hydrogens is 743 g/mol. The molecule has 0 spiro atoms. The first-order valence-corrected chi connectivity index (χ1v) is 20.5. The summed E-state index contributed by atoms with van der Waals surface area (Å²) in [5.74, 6) is 1.78. The lowest BCUT2D eigenvalue weighted by Gasteiger charge is -2.14. The van der Waals surface area contributed by atoms with Crippen LogP contribution in [0.4, 0.5) is 0 Å². The first kappa shape index (κ1) is 35.9. The van der Waals surface area contributed by atoms with Crippen molar-refractivity contribution in [3.8, 4) is 89.8 Å². The van der Waals surface area contributed by atoms with E-state index in [4.69, 9.17) is 19.4 Å². The summed E-state index contributed by atoms with van der Waals surface area (Å²) in [5.41, 5.74) is 15.6. The van der Waals surface area contributed by atoms with Gasteiger partial charge in [-0.25, -0.2) is 15.0 Å². The quantitative estimate of drug-likeness (QED) is 0.154. The van der Waals surface area contributed by atoms with E-state index >= 15 is 0 Å². The first-order valence-electron chi connectivity index (χ1n) is 20.5. The van der Waals surface area contributed by atoms with E-state index in [0.717, 1.165) is 72.0 Å². The fourth-order valence-electron chi connectivity index (χ4n) is 8.34. The van der Waals surface area contributed by atoms with Gasteiger partial charge in [-0.1, -0.05) is 182 Å². The number of nitrogens with zero attached hydrogens (tertiary/aromatic N) is 3. The largest absolute Gasteiger partial charge is 0.456 e. The van der Waals surface area contributed by atoms with Crippen LogP contribution in [0.2, 0.25) is 0 Å². The van der Waals surface area contributed by atoms with Crippen LogP contribution in [0, 0.1) is 0 Å². The van der Waals surface area contributed by atoms with Crippen LogP contribution in [0.5, 0.6) is 0 Å². The molecule has 0 unspecified atom stereocenters. The fraction of sp³-hybridized carbons (Fsp3) is 0. The van der Waals surface area contributed by atoms with E-state index in [1.807, 2.05) is 48.5 Å². The molecule has 2 aromatic heterocycles. The Morgan fingerprint density at radius 1 is 0.246 bits per heavy atom. The van der Waals surface area contributed by atoms with Gasteiger partial charge in [-0.05, 0) is 98.1 Å². The van der Waals surface area contributed by atoms with Gasteiger partial charge in [0.1, 0.15) is 11.2 Å². The molecule has 0 fully saturated rings. The molecule has 11 rings (SSSR count). The number of aromatic nitrogens is 3. The Labute approximate surface area is 354 Å². The Kier molecular flexibility index (Phi) is 9.14. The van der Waals surface area contributed by atoms with Crippen molar-refractivity contribution in [2.24, 2.45) is 0 Å². The minimum atomic E-state index is 0.581. The van der Waals surface area contributed by atoms with Crippen molar-refractivity contribution in [3.05, 3.63) is 224 Å². The highest BCUT2D eigenvalue weighted by Gasteiger charge is 2.20. The maximum absolute atomic E-state index is 6.45. The molecule has 0 saturated heterocycles. The van der Waals surface area contributed by atoms with Crippen LogP contribution in [-0.2, 0) is 0 Å². The molecule has 0 bridgehead atoms. The summed E-state index contributed by atoms with van der Waals surface area (Å²) in [6.45, 7) is 0. The summed E-state index contributed by atoms with van der Waals surface area (Å²) < 4.78 is 6.45. The third-order valence-electron chi connectivity index (χ3n) is 11.3. The molecule has 0 aliphatic heterocycles. The number of hydrogen-bond donors (Lipinski definition) is 0. The molecule has 0 aliphatic rings. The number of furan rings is 1. The molecular formula is C57H37N3O. The predicted octanol–water partition coefficient (Wildman–Crippen LogP) is 15.1. The lowest BCUT2D eigenvalue weighted by atomic mass is 9.91. The predicted molar refractivity (Wildman–Crippen MR) is 251 cm³/mol. The monoisotopic (exact) mass is 779 g/mol. The van der Waals surface area contributed by atoms with Crippen molar-refractivity contribution in [3.63, 3.8) is 0 Å². The standard InChI is InChI=1S/C57H37N3O/c1-5-17-38(18-6-1)43-31-32-52-51(37-43)54-50(29-16-30-53(54)61-52)57-59-55(41-23-11-4-12-24-41)58-56(60-57)49-28-14-13-27-48(49)44-26-15-25-42(33-44)47-35-45(39-19-7-2-8-20-39)34-46(36-47)40-21-9-3-10-22-40/h1-37H. The van der Waals surface area contributed by atoms with E-state index < -0.39 is 0 Å². The van der Waals surface area contributed by atoms with Gasteiger partial charge in [-0.3, -0.25) is 0 Å². The fourth-order valence-corrected chi connectivity index (χ4v) is 8.34. The van der Waals surface area contributed by atoms with Crippen LogP contribution < -0.4 is 0 Å². The van der Waals surface area contributed by atoms with E-state index in [9.17, 15) is 0 Å². The van der Waals surface area contributed by atoms with Gasteiger partial charge in [0.05, 0.1) is 0 Å². The van der Waals surface area contributed by atoms with Crippen molar-refractivity contribution in [2.75, 3.05) is 0 Å². The third-order valence-corrected chi connectivity index (χ3v) is 11.3. The minimum Gasteiger partial charge on any atom is -0.456 e. The Hall–Kier alpha value is -8.21. The van der Waals surface area contributed by atoms with Crippen molar-refractivity contribution in [1.82, 2.24) is 15.0 Å². The molecule has 11 aromatic rings. The van der Waals surface area contributed by atoms with E-state index in [2.05, 4.69) is 176 Å².